The third-order valence-corrected chi connectivity index (χ3v) is 17.8. The van der Waals surface area contributed by atoms with Gasteiger partial charge in [-0.2, -0.15) is 0 Å². The number of halogens is 3. The third-order valence-electron chi connectivity index (χ3n) is 15.8. The van der Waals surface area contributed by atoms with Crippen LogP contribution in [0.5, 0.6) is 0 Å². The largest absolute Gasteiger partial charge is 0.394 e. The Labute approximate surface area is 693 Å². The van der Waals surface area contributed by atoms with Crippen molar-refractivity contribution in [1.29, 1.82) is 0 Å². The van der Waals surface area contributed by atoms with Crippen LogP contribution in [-0.4, -0.2) is 250 Å². The molecule has 0 spiro atoms. The number of hydrogen-bond acceptors (Lipinski definition) is 30. The Bertz CT molecular complexity index is 6870. The van der Waals surface area contributed by atoms with Gasteiger partial charge in [-0.15, -0.1) is 15.3 Å². The van der Waals surface area contributed by atoms with E-state index in [9.17, 15) is 59.1 Å². The van der Waals surface area contributed by atoms with Gasteiger partial charge in [0.2, 0.25) is 0 Å². The number of thioether (sulfide) groups is 3. The second kappa shape index (κ2) is 35.1. The summed E-state index contributed by atoms with van der Waals surface area (Å²) in [4.78, 5) is 24.4. The zero-order valence-corrected chi connectivity index (χ0v) is 59.0. The molecule has 1 unspecified atom stereocenters. The van der Waals surface area contributed by atoms with Crippen LogP contribution in [0, 0.1) is 38.2 Å². The van der Waals surface area contributed by atoms with Crippen LogP contribution < -0.4 is 16.0 Å². The van der Waals surface area contributed by atoms with Gasteiger partial charge < -0.3 is 76.1 Å². The summed E-state index contributed by atoms with van der Waals surface area (Å²) in [5.41, 5.74) is -11.6. The van der Waals surface area contributed by atoms with Gasteiger partial charge >= 0.3 is 0 Å². The van der Waals surface area contributed by atoms with Gasteiger partial charge in [0, 0.05) is 102 Å². The van der Waals surface area contributed by atoms with Crippen molar-refractivity contribution in [2.75, 3.05) is 72.6 Å². The SMILES string of the molecule is [2H]C([2H])(C)C([2H])([2H])Sc1nc(N[C@]2([2H])C([2H])([2H])[C@@]2([2H])c2ccc(C)c(F)c2)c2nnn([C@]3([2H])C([2H])([2H])[C@]([2H])(OC([2H])([2H])C([2H])([2H])O)[C@@]([2H])(O)[C@@]3([2H])O)c2n1.[2H]C([2H])(O)CO[C@@]1([2H])C([2H])([2H])[C@@]([2H])(n2nnc3c(N[C@]4([2H])C[C@H]4c4ccc(C)c(F)c4)nc(SC([2H])([2H])C([2H])([2H])C)nc32)[C@]([2H])(O)[C@]1([2H])O.[2H]C1[C@@H](c2ccc(C)c(F)c2)[C@]1([2H])Nc1nc(SC([2H])([2H])C([2H])([2H])C)nc2c1nnn2[C@]1([2H])C([2H])([2H])[C@]([2H])(OCCO)[C@@]([2H])(O)[C@@]1([2H])O. The van der Waals surface area contributed by atoms with Crippen LogP contribution in [0.4, 0.5) is 30.6 Å². The highest BCUT2D eigenvalue weighted by Gasteiger charge is 2.49. The minimum absolute atomic E-state index is 0.0643. The molecule has 6 aliphatic rings. The highest BCUT2D eigenvalue weighted by Crippen LogP contribution is 2.48. The molecule has 0 amide bonds. The molecular formula is C72H93F3N18O12S3. The number of rotatable bonds is 30. The summed E-state index contributed by atoms with van der Waals surface area (Å²) in [6, 6.07) is -6.18. The molecule has 0 saturated heterocycles. The van der Waals surface area contributed by atoms with Crippen molar-refractivity contribution in [2.45, 2.75) is 223 Å². The number of aryl methyl sites for hydroxylation is 3. The summed E-state index contributed by atoms with van der Waals surface area (Å²) in [6.07, 6.45) is -60.6. The quantitative estimate of drug-likeness (QED) is 0.0168. The number of anilines is 3. The molecule has 582 valence electrons. The molecule has 9 aromatic rings. The van der Waals surface area contributed by atoms with Crippen molar-refractivity contribution in [2.24, 2.45) is 0 Å². The molecule has 108 heavy (non-hydrogen) atoms. The van der Waals surface area contributed by atoms with Crippen LogP contribution in [0.1, 0.15) is 206 Å². The fourth-order valence-electron chi connectivity index (χ4n) is 10.3. The molecule has 12 N–H and O–H groups in total. The van der Waals surface area contributed by atoms with E-state index in [0.29, 0.717) is 16.7 Å². The monoisotopic (exact) mass is 1600 g/mol. The first-order valence-corrected chi connectivity index (χ1v) is 34.0. The lowest BCUT2D eigenvalue weighted by Gasteiger charge is -2.17. The number of hydrogen-bond donors (Lipinski definition) is 12. The lowest BCUT2D eigenvalue weighted by molar-refractivity contribution is -0.0629. The lowest BCUT2D eigenvalue weighted by atomic mass is 10.1. The predicted octanol–water partition coefficient (Wildman–Crippen LogP) is 6.55. The minimum atomic E-state index is -4.48. The average Bonchev–Trinajstić information content (AvgIpc) is 1.45. The van der Waals surface area contributed by atoms with Crippen molar-refractivity contribution in [1.82, 2.24) is 74.9 Å². The first kappa shape index (κ1) is 41.4. The summed E-state index contributed by atoms with van der Waals surface area (Å²) in [5, 5.41) is 123. The number of aliphatic hydroxyl groups is 9. The highest BCUT2D eigenvalue weighted by molar-refractivity contribution is 7.99. The van der Waals surface area contributed by atoms with Gasteiger partial charge in [-0.3, -0.25) is 0 Å². The van der Waals surface area contributed by atoms with Gasteiger partial charge in [-0.05, 0) is 111 Å². The van der Waals surface area contributed by atoms with Gasteiger partial charge in [0.1, 0.15) is 53.9 Å². The third kappa shape index (κ3) is 17.5. The van der Waals surface area contributed by atoms with E-state index in [1.165, 1.54) is 56.3 Å². The van der Waals surface area contributed by atoms with E-state index in [1.54, 1.807) is 13.0 Å². The molecule has 0 bridgehead atoms. The molecule has 15 rings (SSSR count). The molecular weight excluding hydrogens is 1460 g/mol. The summed E-state index contributed by atoms with van der Waals surface area (Å²) < 4.78 is 416. The second-order valence-corrected chi connectivity index (χ2v) is 25.2. The Morgan fingerprint density at radius 2 is 0.880 bits per heavy atom. The van der Waals surface area contributed by atoms with Crippen molar-refractivity contribution in [3.63, 3.8) is 0 Å². The lowest BCUT2D eigenvalue weighted by Crippen LogP contribution is -2.33. The Morgan fingerprint density at radius 3 is 1.29 bits per heavy atom. The van der Waals surface area contributed by atoms with Gasteiger partial charge in [0.15, 0.2) is 66.4 Å². The molecule has 30 nitrogen and oxygen atoms in total. The number of fused-ring (bicyclic) bond motifs is 3. The maximum absolute atomic E-state index is 14.6. The molecule has 6 fully saturated rings. The van der Waals surface area contributed by atoms with Crippen molar-refractivity contribution < 1.29 is 132 Å². The fraction of sp³-hybridized carbons (Fsp3) is 0.583. The first-order valence-electron chi connectivity index (χ1n) is 53.1. The van der Waals surface area contributed by atoms with E-state index in [0.717, 1.165) is 26.8 Å². The van der Waals surface area contributed by atoms with Crippen LogP contribution in [-0.2, 0) is 14.2 Å². The number of aliphatic hydroxyl groups excluding tert-OH is 1. The van der Waals surface area contributed by atoms with Crippen LogP contribution in [0.2, 0.25) is 0 Å². The molecule has 6 saturated carbocycles. The summed E-state index contributed by atoms with van der Waals surface area (Å²) in [6.45, 7) is -7.58. The smallest absolute Gasteiger partial charge is 0.191 e. The fourth-order valence-corrected chi connectivity index (χ4v) is 11.6. The van der Waals surface area contributed by atoms with Crippen molar-refractivity contribution in [3.05, 3.63) is 105 Å². The number of aromatic nitrogens is 15. The van der Waals surface area contributed by atoms with Crippen LogP contribution >= 0.6 is 35.3 Å². The summed E-state index contributed by atoms with van der Waals surface area (Å²) in [7, 11) is 0. The van der Waals surface area contributed by atoms with Crippen LogP contribution in [0.25, 0.3) is 33.5 Å². The van der Waals surface area contributed by atoms with E-state index >= 15 is 0 Å². The Kier molecular flexibility index (Phi) is 13.4. The Morgan fingerprint density at radius 1 is 0.491 bits per heavy atom. The zero-order valence-electron chi connectivity index (χ0n) is 99.6. The number of ether oxygens (including phenoxy) is 3. The zero-order chi connectivity index (χ0) is 115. The average molecular weight is 1600 g/mol. The molecule has 0 radical (unpaired) electrons. The van der Waals surface area contributed by atoms with Crippen molar-refractivity contribution >= 4 is 86.2 Å². The molecule has 6 aromatic heterocycles. The topological polar surface area (TPSA) is 415 Å². The molecule has 19 atom stereocenters. The molecule has 0 aliphatic heterocycles. The van der Waals surface area contributed by atoms with Crippen LogP contribution in [0.3, 0.4) is 0 Å². The normalized spacial score (nSPS) is 48.1. The molecule has 6 aliphatic carbocycles. The maximum atomic E-state index is 14.6. The summed E-state index contributed by atoms with van der Waals surface area (Å²) >= 11 is 0.186. The van der Waals surface area contributed by atoms with E-state index in [-0.39, 0.29) is 72.4 Å². The molecule has 6 heterocycles. The predicted molar refractivity (Wildman–Crippen MR) is 398 cm³/mol. The second-order valence-electron chi connectivity index (χ2n) is 22.9. The first-order chi connectivity index (χ1) is 67.6. The maximum Gasteiger partial charge on any atom is 0.191 e. The van der Waals surface area contributed by atoms with E-state index < -0.39 is 300 Å². The van der Waals surface area contributed by atoms with Crippen molar-refractivity contribution in [3.8, 4) is 0 Å². The summed E-state index contributed by atoms with van der Waals surface area (Å²) in [5.74, 6) is -7.81. The van der Waals surface area contributed by atoms with E-state index in [1.807, 2.05) is 0 Å². The molecule has 36 heteroatoms. The Balaban J connectivity index is 0.000000189. The number of nitrogens with zero attached hydrogens (tertiary/aromatic N) is 15. The van der Waals surface area contributed by atoms with Crippen LogP contribution in [0.15, 0.2) is 70.1 Å². The standard InChI is InChI=1S/3C24H31FN6O4S/c3*1-3-8-36-24-27-22(26-16-10-14(16)13-5-4-12(2)15(25)9-13)19-23(28-24)31(30-29-19)17-11-18(35-7-6-32)21(34)20(17)33/h3*4-5,9,14,16-18,20-21,32-34H,3,6-8,10-11H2,1-2H3,(H,26,27,28)/t3*14-,16+,17+,18-,20-,21+/m000/s1/i3D2,6D2,7D2,8D2,10D2,11D2,14D,16D,17D,18D,20D,21D;3D2,8D2,10D,11D2,16D,17D,18D,20D,21D;3D2,6D2,8D2,11D2,16D,17D,18D,20D,21D/tm;10?,14-,16+,17+,18-,20-,21+;m. The van der Waals surface area contributed by atoms with E-state index in [4.69, 9.17) is 68.4 Å². The highest BCUT2D eigenvalue weighted by atomic mass is 32.2. The van der Waals surface area contributed by atoms with Gasteiger partial charge in [0.25, 0.3) is 0 Å². The Hall–Kier alpha value is -7.14. The number of nitrogens with one attached hydrogen (secondary N) is 3. The van der Waals surface area contributed by atoms with Gasteiger partial charge in [-0.1, -0.05) is 108 Å². The minimum Gasteiger partial charge on any atom is -0.394 e. The van der Waals surface area contributed by atoms with E-state index in [2.05, 4.69) is 81.5 Å². The number of benzene rings is 3. The van der Waals surface area contributed by atoms with Gasteiger partial charge in [-0.25, -0.2) is 57.1 Å². The van der Waals surface area contributed by atoms with Gasteiger partial charge in [0.05, 0.1) is 105 Å². The molecule has 3 aromatic carbocycles.